The molecule has 1 N–H and O–H groups in total. The van der Waals surface area contributed by atoms with Gasteiger partial charge in [-0.2, -0.15) is 0 Å². The van der Waals surface area contributed by atoms with Gasteiger partial charge in [0.2, 0.25) is 0 Å². The van der Waals surface area contributed by atoms with E-state index in [4.69, 9.17) is 4.98 Å². The van der Waals surface area contributed by atoms with Gasteiger partial charge in [-0.3, -0.25) is 0 Å². The molecule has 0 amide bonds. The van der Waals surface area contributed by atoms with Gasteiger partial charge >= 0.3 is 0 Å². The number of aromatic nitrogens is 2. The van der Waals surface area contributed by atoms with E-state index in [0.29, 0.717) is 5.92 Å². The minimum atomic E-state index is 0.682. The molecule has 21 heavy (non-hydrogen) atoms. The van der Waals surface area contributed by atoms with Crippen LogP contribution in [0.1, 0.15) is 59.7 Å². The summed E-state index contributed by atoms with van der Waals surface area (Å²) < 4.78 is 0. The molecule has 1 aromatic heterocycles. The molecule has 0 aliphatic carbocycles. The molecule has 0 bridgehead atoms. The summed E-state index contributed by atoms with van der Waals surface area (Å²) in [5.74, 6) is 3.67. The molecule has 0 saturated heterocycles. The minimum absolute atomic E-state index is 0.682. The normalized spacial score (nSPS) is 12.2. The molecular formula is C17H32N4. The molecule has 4 nitrogen and oxygen atoms in total. The lowest BCUT2D eigenvalue weighted by Crippen LogP contribution is -2.29. The Balaban J connectivity index is 2.97. The van der Waals surface area contributed by atoms with Crippen molar-refractivity contribution < 1.29 is 0 Å². The van der Waals surface area contributed by atoms with Gasteiger partial charge in [0.15, 0.2) is 0 Å². The van der Waals surface area contributed by atoms with E-state index in [1.807, 2.05) is 0 Å². The highest BCUT2D eigenvalue weighted by molar-refractivity contribution is 5.49. The lowest BCUT2D eigenvalue weighted by atomic mass is 10.1. The van der Waals surface area contributed by atoms with Crippen molar-refractivity contribution in [3.63, 3.8) is 0 Å². The van der Waals surface area contributed by atoms with Crippen LogP contribution in [0.3, 0.4) is 0 Å². The SMILES string of the molecule is CCCNc1cc(N(CC)CC(C)CC)nc(CCC)n1. The van der Waals surface area contributed by atoms with Gasteiger partial charge in [-0.15, -0.1) is 0 Å². The Morgan fingerprint density at radius 2 is 1.90 bits per heavy atom. The van der Waals surface area contributed by atoms with Crippen molar-refractivity contribution in [2.24, 2.45) is 5.92 Å². The number of nitrogens with zero attached hydrogens (tertiary/aromatic N) is 3. The summed E-state index contributed by atoms with van der Waals surface area (Å²) in [5, 5.41) is 3.40. The Morgan fingerprint density at radius 1 is 1.14 bits per heavy atom. The van der Waals surface area contributed by atoms with E-state index in [1.165, 1.54) is 6.42 Å². The number of anilines is 2. The van der Waals surface area contributed by atoms with Gasteiger partial charge in [-0.25, -0.2) is 9.97 Å². The fourth-order valence-corrected chi connectivity index (χ4v) is 2.21. The zero-order valence-corrected chi connectivity index (χ0v) is 14.4. The molecule has 0 saturated carbocycles. The van der Waals surface area contributed by atoms with E-state index in [-0.39, 0.29) is 0 Å². The predicted octanol–water partition coefficient (Wildman–Crippen LogP) is 4.12. The average Bonchev–Trinajstić information content (AvgIpc) is 2.50. The van der Waals surface area contributed by atoms with Gasteiger partial charge < -0.3 is 10.2 Å². The van der Waals surface area contributed by atoms with E-state index in [0.717, 1.165) is 56.4 Å². The second-order valence-electron chi connectivity index (χ2n) is 5.76. The lowest BCUT2D eigenvalue weighted by Gasteiger charge is -2.26. The molecule has 4 heteroatoms. The number of rotatable bonds is 10. The zero-order valence-electron chi connectivity index (χ0n) is 14.4. The summed E-state index contributed by atoms with van der Waals surface area (Å²) >= 11 is 0. The van der Waals surface area contributed by atoms with Crippen LogP contribution in [0, 0.1) is 5.92 Å². The van der Waals surface area contributed by atoms with Crippen LogP contribution in [-0.4, -0.2) is 29.6 Å². The molecule has 0 aliphatic heterocycles. The highest BCUT2D eigenvalue weighted by Gasteiger charge is 2.12. The second-order valence-corrected chi connectivity index (χ2v) is 5.76. The minimum Gasteiger partial charge on any atom is -0.370 e. The molecule has 0 aliphatic rings. The van der Waals surface area contributed by atoms with Crippen LogP contribution in [0.15, 0.2) is 6.07 Å². The Kier molecular flexibility index (Phi) is 8.09. The van der Waals surface area contributed by atoms with Crippen LogP contribution in [-0.2, 0) is 6.42 Å². The third kappa shape index (κ3) is 5.90. The van der Waals surface area contributed by atoms with Gasteiger partial charge in [0, 0.05) is 32.1 Å². The molecule has 1 unspecified atom stereocenters. The average molecular weight is 292 g/mol. The van der Waals surface area contributed by atoms with Crippen molar-refractivity contribution in [1.29, 1.82) is 0 Å². The standard InChI is InChI=1S/C17H32N4/c1-6-10-15-19-16(18-11-7-2)12-17(20-15)21(9-4)13-14(5)8-3/h12,14H,6-11,13H2,1-5H3,(H,18,19,20). The van der Waals surface area contributed by atoms with Crippen LogP contribution >= 0.6 is 0 Å². The fraction of sp³-hybridized carbons (Fsp3) is 0.765. The molecule has 0 radical (unpaired) electrons. The first kappa shape index (κ1) is 17.7. The highest BCUT2D eigenvalue weighted by Crippen LogP contribution is 2.19. The van der Waals surface area contributed by atoms with E-state index in [9.17, 15) is 0 Å². The fourth-order valence-electron chi connectivity index (χ4n) is 2.21. The summed E-state index contributed by atoms with van der Waals surface area (Å²) in [6.45, 7) is 14.1. The van der Waals surface area contributed by atoms with E-state index in [1.54, 1.807) is 0 Å². The van der Waals surface area contributed by atoms with E-state index in [2.05, 4.69) is 55.9 Å². The molecule has 0 aromatic carbocycles. The third-order valence-electron chi connectivity index (χ3n) is 3.72. The smallest absolute Gasteiger partial charge is 0.134 e. The molecule has 1 aromatic rings. The van der Waals surface area contributed by atoms with E-state index >= 15 is 0 Å². The zero-order chi connectivity index (χ0) is 15.7. The Labute approximate surface area is 130 Å². The van der Waals surface area contributed by atoms with Crippen LogP contribution in [0.5, 0.6) is 0 Å². The number of hydrogen-bond donors (Lipinski definition) is 1. The van der Waals surface area contributed by atoms with Gasteiger partial charge in [-0.05, 0) is 25.7 Å². The van der Waals surface area contributed by atoms with Crippen molar-refractivity contribution in [3.05, 3.63) is 11.9 Å². The van der Waals surface area contributed by atoms with Crippen molar-refractivity contribution in [1.82, 2.24) is 9.97 Å². The quantitative estimate of drug-likeness (QED) is 0.704. The van der Waals surface area contributed by atoms with Crippen molar-refractivity contribution >= 4 is 11.6 Å². The number of aryl methyl sites for hydroxylation is 1. The van der Waals surface area contributed by atoms with Crippen molar-refractivity contribution in [2.45, 2.75) is 60.3 Å². The van der Waals surface area contributed by atoms with Crippen molar-refractivity contribution in [3.8, 4) is 0 Å². The van der Waals surface area contributed by atoms with Crippen LogP contribution in [0.4, 0.5) is 11.6 Å². The first-order chi connectivity index (χ1) is 10.1. The first-order valence-electron chi connectivity index (χ1n) is 8.51. The molecule has 120 valence electrons. The topological polar surface area (TPSA) is 41.0 Å². The molecule has 0 fully saturated rings. The summed E-state index contributed by atoms with van der Waals surface area (Å²) in [5.41, 5.74) is 0. The maximum Gasteiger partial charge on any atom is 0.134 e. The van der Waals surface area contributed by atoms with Gasteiger partial charge in [0.1, 0.15) is 17.5 Å². The summed E-state index contributed by atoms with van der Waals surface area (Å²) in [7, 11) is 0. The monoisotopic (exact) mass is 292 g/mol. The molecule has 1 heterocycles. The largest absolute Gasteiger partial charge is 0.370 e. The molecule has 1 rings (SSSR count). The maximum absolute atomic E-state index is 4.76. The van der Waals surface area contributed by atoms with Crippen LogP contribution in [0.25, 0.3) is 0 Å². The molecule has 1 atom stereocenters. The maximum atomic E-state index is 4.76. The Morgan fingerprint density at radius 3 is 2.48 bits per heavy atom. The summed E-state index contributed by atoms with van der Waals surface area (Å²) in [6.07, 6.45) is 4.32. The summed E-state index contributed by atoms with van der Waals surface area (Å²) in [4.78, 5) is 11.8. The Bertz CT molecular complexity index is 406. The van der Waals surface area contributed by atoms with Gasteiger partial charge in [0.25, 0.3) is 0 Å². The van der Waals surface area contributed by atoms with Crippen molar-refractivity contribution in [2.75, 3.05) is 29.9 Å². The van der Waals surface area contributed by atoms with E-state index < -0.39 is 0 Å². The highest BCUT2D eigenvalue weighted by atomic mass is 15.2. The lowest BCUT2D eigenvalue weighted by molar-refractivity contribution is 0.544. The second kappa shape index (κ2) is 9.59. The molecule has 0 spiro atoms. The molecular weight excluding hydrogens is 260 g/mol. The van der Waals surface area contributed by atoms with Gasteiger partial charge in [-0.1, -0.05) is 34.1 Å². The first-order valence-corrected chi connectivity index (χ1v) is 8.51. The summed E-state index contributed by atoms with van der Waals surface area (Å²) in [6, 6.07) is 2.10. The Hall–Kier alpha value is -1.32. The predicted molar refractivity (Wildman–Crippen MR) is 92.1 cm³/mol. The number of hydrogen-bond acceptors (Lipinski definition) is 4. The van der Waals surface area contributed by atoms with Crippen LogP contribution < -0.4 is 10.2 Å². The van der Waals surface area contributed by atoms with Crippen LogP contribution in [0.2, 0.25) is 0 Å². The number of nitrogens with one attached hydrogen (secondary N) is 1. The third-order valence-corrected chi connectivity index (χ3v) is 3.72. The van der Waals surface area contributed by atoms with Gasteiger partial charge in [0.05, 0.1) is 0 Å².